The summed E-state index contributed by atoms with van der Waals surface area (Å²) in [6, 6.07) is 8.28. The van der Waals surface area contributed by atoms with E-state index in [0.717, 1.165) is 32.5 Å². The van der Waals surface area contributed by atoms with Gasteiger partial charge in [0.2, 0.25) is 22.1 Å². The summed E-state index contributed by atoms with van der Waals surface area (Å²) in [5.74, 6) is -7.03. The molecule has 9 rings (SSSR count). The van der Waals surface area contributed by atoms with Crippen LogP contribution in [0.3, 0.4) is 0 Å². The Kier molecular flexibility index (Phi) is 17.9. The summed E-state index contributed by atoms with van der Waals surface area (Å²) < 4.78 is 2.53. The molecule has 416 valence electrons. The molecule has 3 fully saturated rings. The van der Waals surface area contributed by atoms with Gasteiger partial charge in [-0.2, -0.15) is 0 Å². The minimum Gasteiger partial charge on any atom is -0.508 e. The molecule has 0 spiro atoms. The predicted molar refractivity (Wildman–Crippen MR) is 276 cm³/mol. The van der Waals surface area contributed by atoms with Crippen molar-refractivity contribution in [3.05, 3.63) is 87.8 Å². The van der Waals surface area contributed by atoms with Crippen molar-refractivity contribution in [3.63, 3.8) is 0 Å². The fraction of sp³-hybridized carbons (Fsp3) is 0.378. The molecule has 2 aromatic carbocycles. The number of nitrogens with two attached hydrogens (primary N) is 1. The van der Waals surface area contributed by atoms with Gasteiger partial charge in [-0.25, -0.2) is 23.7 Å². The number of tetrazole rings is 2. The Bertz CT molecular complexity index is 3190. The molecule has 9 N–H and O–H groups in total. The van der Waals surface area contributed by atoms with Crippen molar-refractivity contribution in [2.24, 2.45) is 12.8 Å². The van der Waals surface area contributed by atoms with Crippen LogP contribution in [0.2, 0.25) is 0 Å². The third-order valence-corrected chi connectivity index (χ3v) is 17.4. The second kappa shape index (κ2) is 24.7. The zero-order valence-corrected chi connectivity index (χ0v) is 44.8. The topological polar surface area (TPSA) is 414 Å². The van der Waals surface area contributed by atoms with Crippen LogP contribution in [0.1, 0.15) is 29.7 Å². The van der Waals surface area contributed by atoms with E-state index in [9.17, 15) is 63.3 Å². The lowest BCUT2D eigenvalue weighted by atomic mass is 10.0. The highest BCUT2D eigenvalue weighted by molar-refractivity contribution is 8.01. The van der Waals surface area contributed by atoms with Gasteiger partial charge in [0.05, 0.1) is 6.42 Å². The number of imide groups is 1. The molecule has 0 bridgehead atoms. The number of carboxylic acid groups (broad SMARTS) is 3. The van der Waals surface area contributed by atoms with Crippen LogP contribution in [-0.2, 0) is 69.7 Å². The number of aryl methyl sites for hydroxylation is 1. The number of urea groups is 1. The monoisotopic (exact) mass is 1160 g/mol. The van der Waals surface area contributed by atoms with Gasteiger partial charge in [0.1, 0.15) is 52.6 Å². The van der Waals surface area contributed by atoms with E-state index in [0.29, 0.717) is 33.5 Å². The minimum atomic E-state index is -1.42. The second-order valence-electron chi connectivity index (χ2n) is 17.5. The summed E-state index contributed by atoms with van der Waals surface area (Å²) >= 11 is 4.91. The van der Waals surface area contributed by atoms with Gasteiger partial charge in [0.25, 0.3) is 11.8 Å². The van der Waals surface area contributed by atoms with Crippen molar-refractivity contribution in [2.75, 3.05) is 42.6 Å². The summed E-state index contributed by atoms with van der Waals surface area (Å²) in [6.07, 6.45) is 0.0586. The number of carbonyl (C=O) groups is 10. The number of nitrogens with zero attached hydrogens (tertiary/aromatic N) is 12. The van der Waals surface area contributed by atoms with Crippen molar-refractivity contribution in [2.45, 2.75) is 65.6 Å². The Morgan fingerprint density at radius 3 is 1.89 bits per heavy atom. The number of fused-ring (bicyclic) bond motifs is 2. The number of benzene rings is 2. The summed E-state index contributed by atoms with van der Waals surface area (Å²) in [6.45, 7) is 1.90. The van der Waals surface area contributed by atoms with Crippen LogP contribution in [-0.4, -0.2) is 205 Å². The maximum Gasteiger partial charge on any atom is 0.352 e. The summed E-state index contributed by atoms with van der Waals surface area (Å²) in [5, 5.41) is 67.6. The number of phenols is 1. The quantitative estimate of drug-likeness (QED) is 0.0291. The number of aliphatic carboxylic acids is 3. The summed E-state index contributed by atoms with van der Waals surface area (Å²) in [4.78, 5) is 130. The fourth-order valence-corrected chi connectivity index (χ4v) is 13.4. The van der Waals surface area contributed by atoms with Gasteiger partial charge in [0, 0.05) is 56.2 Å². The number of hydrogen-bond donors (Lipinski definition) is 8. The van der Waals surface area contributed by atoms with Gasteiger partial charge in [-0.15, -0.1) is 33.7 Å². The first-order valence-electron chi connectivity index (χ1n) is 23.6. The van der Waals surface area contributed by atoms with Crippen molar-refractivity contribution < 1.29 is 68.4 Å². The first-order valence-corrected chi connectivity index (χ1v) is 27.7. The molecule has 8 amide bonds. The van der Waals surface area contributed by atoms with E-state index in [1.54, 1.807) is 26.1 Å². The molecule has 4 aromatic rings. The van der Waals surface area contributed by atoms with Crippen molar-refractivity contribution >= 4 is 106 Å². The Labute approximate surface area is 463 Å². The lowest BCUT2D eigenvalue weighted by Gasteiger charge is -2.49. The number of phenolic OH excluding ortho intramolecular Hbond substituents is 1. The number of piperazine rings is 1. The average molecular weight is 1170 g/mol. The number of aromatic hydroxyl groups is 1. The molecule has 0 unspecified atom stereocenters. The Morgan fingerprint density at radius 1 is 0.759 bits per heavy atom. The van der Waals surface area contributed by atoms with E-state index in [1.807, 2.05) is 12.1 Å². The van der Waals surface area contributed by atoms with Crippen molar-refractivity contribution in [1.29, 1.82) is 0 Å². The molecule has 34 heteroatoms. The molecule has 2 aromatic heterocycles. The molecule has 5 aliphatic rings. The Hall–Kier alpha value is -8.08. The number of nitrogens with one attached hydrogen (secondary N) is 3. The highest BCUT2D eigenvalue weighted by Gasteiger charge is 2.56. The SMILES string of the molecule is CCN1CCN(C(=O)N[C@@H](C(=O)N[C@@H]2C(=O)N3C(C(=O)O)=C(CSc4nnnn4C)CS[C@H]23)c2ccc(O)cc2)C(=O)C1=O.NCc1ccccc1CC(=O)N[C@@H]1C(=O)N2C(C(=O)O)=C(CSc3nnnn3CC(=O)O)CS[C@H]12. The molecule has 0 aliphatic carbocycles. The lowest BCUT2D eigenvalue weighted by molar-refractivity contribution is -0.153. The Balaban J connectivity index is 0.000000214. The zero-order valence-electron chi connectivity index (χ0n) is 41.5. The third kappa shape index (κ3) is 12.3. The number of hydrogen-bond acceptors (Lipinski definition) is 22. The van der Waals surface area contributed by atoms with Crippen LogP contribution < -0.4 is 21.7 Å². The molecule has 30 nitrogen and oxygen atoms in total. The van der Waals surface area contributed by atoms with Crippen LogP contribution in [0.4, 0.5) is 4.79 Å². The van der Waals surface area contributed by atoms with Crippen molar-refractivity contribution in [1.82, 2.24) is 76.0 Å². The third-order valence-electron chi connectivity index (χ3n) is 12.6. The largest absolute Gasteiger partial charge is 0.508 e. The summed E-state index contributed by atoms with van der Waals surface area (Å²) in [7, 11) is 1.64. The van der Waals surface area contributed by atoms with E-state index in [1.165, 1.54) is 74.0 Å². The number of carboxylic acids is 3. The smallest absolute Gasteiger partial charge is 0.352 e. The predicted octanol–water partition coefficient (Wildman–Crippen LogP) is -1.82. The standard InChI is InChI=1S/C25H27N9O8S2.C20H21N7O6S2/c1-3-32-8-9-33(21(39)20(32)38)24(42)27-15(12-4-6-14(35)7-5-12)18(36)26-16-19(37)34-17(23(40)41)13(10-43-22(16)34)11-44-25-28-29-30-31(25)2;21-6-11-4-2-1-3-10(11)5-13(28)22-15-17(31)27-16(19(32)33)12(8-34-18(15)27)9-35-20-23-24-25-26(20)7-14(29)30/h4-7,15-16,22,35H,3,8-11H2,1-2H3,(H,26,36)(H,27,42)(H,40,41);1-4,15,18H,5-9,21H2,(H,22,28)(H,29,30)(H,32,33)/t15-,16-,22-;15-,18-/m11/s1. The maximum absolute atomic E-state index is 13.6. The van der Waals surface area contributed by atoms with Gasteiger partial charge in [-0.05, 0) is 67.7 Å². The zero-order chi connectivity index (χ0) is 56.8. The summed E-state index contributed by atoms with van der Waals surface area (Å²) in [5.41, 5.74) is 8.20. The molecular weight excluding hydrogens is 1120 g/mol. The normalized spacial score (nSPS) is 20.0. The van der Waals surface area contributed by atoms with Gasteiger partial charge in [-0.3, -0.25) is 48.3 Å². The van der Waals surface area contributed by atoms with E-state index < -0.39 is 88.9 Å². The average Bonchev–Trinajstić information content (AvgIpc) is 4.23. The maximum atomic E-state index is 13.6. The second-order valence-corrected chi connectivity index (χ2v) is 21.6. The molecule has 79 heavy (non-hydrogen) atoms. The molecule has 3 saturated heterocycles. The molecule has 7 heterocycles. The number of rotatable bonds is 19. The van der Waals surface area contributed by atoms with Crippen LogP contribution >= 0.6 is 47.0 Å². The number of thioether (sulfide) groups is 4. The first-order chi connectivity index (χ1) is 37.8. The van der Waals surface area contributed by atoms with E-state index >= 15 is 0 Å². The number of carbonyl (C=O) groups excluding carboxylic acids is 7. The lowest BCUT2D eigenvalue weighted by Crippen LogP contribution is -2.71. The van der Waals surface area contributed by atoms with Crippen LogP contribution in [0.25, 0.3) is 0 Å². The fourth-order valence-electron chi connectivity index (χ4n) is 8.66. The van der Waals surface area contributed by atoms with Gasteiger partial charge < -0.3 is 47.0 Å². The first kappa shape index (κ1) is 57.1. The van der Waals surface area contributed by atoms with Crippen LogP contribution in [0, 0.1) is 0 Å². The highest BCUT2D eigenvalue weighted by Crippen LogP contribution is 2.43. The number of amides is 8. The van der Waals surface area contributed by atoms with Gasteiger partial charge >= 0.3 is 35.8 Å². The molecule has 0 saturated carbocycles. The molecular formula is C45H48N16O14S4. The van der Waals surface area contributed by atoms with E-state index in [4.69, 9.17) is 10.8 Å². The highest BCUT2D eigenvalue weighted by atomic mass is 32.2. The molecule has 0 radical (unpaired) electrons. The van der Waals surface area contributed by atoms with Crippen LogP contribution in [0.5, 0.6) is 5.75 Å². The van der Waals surface area contributed by atoms with Crippen LogP contribution in [0.15, 0.2) is 81.4 Å². The number of aromatic nitrogens is 8. The van der Waals surface area contributed by atoms with E-state index in [2.05, 4.69) is 47.0 Å². The van der Waals surface area contributed by atoms with E-state index in [-0.39, 0.29) is 77.1 Å². The van der Waals surface area contributed by atoms with Gasteiger partial charge in [-0.1, -0.05) is 59.9 Å². The van der Waals surface area contributed by atoms with Gasteiger partial charge in [0.15, 0.2) is 0 Å². The minimum absolute atomic E-state index is 0.0586. The number of likely N-dealkylation sites (N-methyl/N-ethyl adjacent to an activating group) is 1. The van der Waals surface area contributed by atoms with Crippen molar-refractivity contribution in [3.8, 4) is 5.75 Å². The number of β-lactam (4-membered cyclic amide) rings is 2. The molecule has 5 aliphatic heterocycles. The molecule has 5 atom stereocenters. The Morgan fingerprint density at radius 2 is 1.33 bits per heavy atom.